The number of carbonyl (C=O) groups excluding carboxylic acids is 3. The Morgan fingerprint density at radius 2 is 1.51 bits per heavy atom. The van der Waals surface area contributed by atoms with E-state index in [1.54, 1.807) is 25.7 Å². The molecule has 0 saturated heterocycles. The summed E-state index contributed by atoms with van der Waals surface area (Å²) >= 11 is 0. The van der Waals surface area contributed by atoms with E-state index < -0.39 is 23.8 Å². The second-order valence-electron chi connectivity index (χ2n) is 12.8. The van der Waals surface area contributed by atoms with Crippen LogP contribution in [0.5, 0.6) is 0 Å². The van der Waals surface area contributed by atoms with Gasteiger partial charge in [-0.1, -0.05) is 90.8 Å². The SMILES string of the molecule is CCCCCCCCN(C(=O)C(NC(=O)OC(C)(C)C)C(C)CC)C(C(=O)NC(C)CCC)c1ccc(C)c(C)c1. The summed E-state index contributed by atoms with van der Waals surface area (Å²) < 4.78 is 5.53. The third kappa shape index (κ3) is 12.9. The second-order valence-corrected chi connectivity index (χ2v) is 12.8. The molecule has 0 fully saturated rings. The number of alkyl carbamates (subject to hydrolysis) is 1. The molecule has 1 rings (SSSR count). The number of aryl methyl sites for hydroxylation is 2. The van der Waals surface area contributed by atoms with Crippen LogP contribution < -0.4 is 10.6 Å². The lowest BCUT2D eigenvalue weighted by Crippen LogP contribution is -2.55. The lowest BCUT2D eigenvalue weighted by Gasteiger charge is -2.36. The number of unbranched alkanes of at least 4 members (excludes halogenated alkanes) is 5. The van der Waals surface area contributed by atoms with E-state index in [-0.39, 0.29) is 23.8 Å². The quantitative estimate of drug-likeness (QED) is 0.186. The third-order valence-electron chi connectivity index (χ3n) is 7.70. The fraction of sp³-hybridized carbons (Fsp3) is 0.735. The zero-order valence-corrected chi connectivity index (χ0v) is 27.7. The summed E-state index contributed by atoms with van der Waals surface area (Å²) in [7, 11) is 0. The minimum atomic E-state index is -0.815. The van der Waals surface area contributed by atoms with Crippen LogP contribution in [0.1, 0.15) is 136 Å². The molecule has 234 valence electrons. The highest BCUT2D eigenvalue weighted by molar-refractivity contribution is 5.92. The Hall–Kier alpha value is -2.57. The molecule has 0 aliphatic carbocycles. The molecule has 0 aliphatic heterocycles. The number of amides is 3. The predicted molar refractivity (Wildman–Crippen MR) is 169 cm³/mol. The first kappa shape index (κ1) is 36.5. The van der Waals surface area contributed by atoms with Crippen molar-refractivity contribution >= 4 is 17.9 Å². The van der Waals surface area contributed by atoms with Gasteiger partial charge in [-0.2, -0.15) is 0 Å². The third-order valence-corrected chi connectivity index (χ3v) is 7.70. The minimum Gasteiger partial charge on any atom is -0.444 e. The van der Waals surface area contributed by atoms with E-state index >= 15 is 0 Å². The molecule has 0 radical (unpaired) electrons. The van der Waals surface area contributed by atoms with Gasteiger partial charge in [-0.05, 0) is 77.0 Å². The van der Waals surface area contributed by atoms with Crippen LogP contribution in [0.15, 0.2) is 18.2 Å². The molecule has 7 heteroatoms. The van der Waals surface area contributed by atoms with Gasteiger partial charge in [-0.3, -0.25) is 9.59 Å². The van der Waals surface area contributed by atoms with Gasteiger partial charge in [0.15, 0.2) is 0 Å². The van der Waals surface area contributed by atoms with E-state index in [9.17, 15) is 14.4 Å². The van der Waals surface area contributed by atoms with Crippen LogP contribution in [0.25, 0.3) is 0 Å². The average Bonchev–Trinajstić information content (AvgIpc) is 2.88. The largest absolute Gasteiger partial charge is 0.444 e. The van der Waals surface area contributed by atoms with Crippen LogP contribution in [0.3, 0.4) is 0 Å². The second kappa shape index (κ2) is 18.1. The zero-order chi connectivity index (χ0) is 31.2. The van der Waals surface area contributed by atoms with Crippen molar-refractivity contribution in [3.05, 3.63) is 34.9 Å². The van der Waals surface area contributed by atoms with Gasteiger partial charge >= 0.3 is 6.09 Å². The van der Waals surface area contributed by atoms with Crippen molar-refractivity contribution in [1.82, 2.24) is 15.5 Å². The summed E-state index contributed by atoms with van der Waals surface area (Å²) in [5, 5.41) is 6.04. The Morgan fingerprint density at radius 3 is 2.07 bits per heavy atom. The van der Waals surface area contributed by atoms with Gasteiger partial charge in [-0.25, -0.2) is 4.79 Å². The summed E-state index contributed by atoms with van der Waals surface area (Å²) in [5.41, 5.74) is 2.29. The van der Waals surface area contributed by atoms with Crippen molar-refractivity contribution in [2.24, 2.45) is 5.92 Å². The first-order chi connectivity index (χ1) is 19.2. The standard InChI is InChI=1S/C34H59N3O4/c1-11-14-15-16-17-18-22-37(32(39)29(24(4)13-3)36-33(40)41-34(8,9)10)30(31(38)35-27(7)19-12-2)28-21-20-25(5)26(6)23-28/h20-21,23-24,27,29-30H,11-19,22H2,1-10H3,(H,35,38)(H,36,40). The van der Waals surface area contributed by atoms with Crippen LogP contribution in [-0.4, -0.2) is 47.0 Å². The Kier molecular flexibility index (Phi) is 16.1. The molecule has 7 nitrogen and oxygen atoms in total. The van der Waals surface area contributed by atoms with Crippen LogP contribution in [0.2, 0.25) is 0 Å². The Labute approximate surface area is 250 Å². The Morgan fingerprint density at radius 1 is 0.878 bits per heavy atom. The molecule has 1 aromatic rings. The number of ether oxygens (including phenoxy) is 1. The molecule has 0 aliphatic rings. The smallest absolute Gasteiger partial charge is 0.408 e. The van der Waals surface area contributed by atoms with Crippen LogP contribution >= 0.6 is 0 Å². The molecular weight excluding hydrogens is 514 g/mol. The number of hydrogen-bond donors (Lipinski definition) is 2. The fourth-order valence-corrected chi connectivity index (χ4v) is 4.96. The van der Waals surface area contributed by atoms with Gasteiger partial charge in [0.25, 0.3) is 0 Å². The van der Waals surface area contributed by atoms with E-state index in [2.05, 4.69) is 24.5 Å². The highest BCUT2D eigenvalue weighted by Gasteiger charge is 2.38. The average molecular weight is 574 g/mol. The number of carbonyl (C=O) groups is 3. The van der Waals surface area contributed by atoms with Gasteiger partial charge in [0.2, 0.25) is 11.8 Å². The molecule has 0 saturated carbocycles. The first-order valence-corrected chi connectivity index (χ1v) is 15.9. The Balaban J connectivity index is 3.55. The van der Waals surface area contributed by atoms with Gasteiger partial charge in [0.1, 0.15) is 17.7 Å². The van der Waals surface area contributed by atoms with Gasteiger partial charge < -0.3 is 20.3 Å². The van der Waals surface area contributed by atoms with E-state index in [1.807, 2.05) is 52.8 Å². The number of nitrogens with zero attached hydrogens (tertiary/aromatic N) is 1. The van der Waals surface area contributed by atoms with Crippen molar-refractivity contribution in [3.63, 3.8) is 0 Å². The van der Waals surface area contributed by atoms with E-state index in [4.69, 9.17) is 4.74 Å². The summed E-state index contributed by atoms with van der Waals surface area (Å²) in [6.07, 6.45) is 8.25. The molecule has 4 atom stereocenters. The topological polar surface area (TPSA) is 87.7 Å². The van der Waals surface area contributed by atoms with Crippen LogP contribution in [-0.2, 0) is 14.3 Å². The van der Waals surface area contributed by atoms with Crippen molar-refractivity contribution in [3.8, 4) is 0 Å². The lowest BCUT2D eigenvalue weighted by atomic mass is 9.94. The maximum absolute atomic E-state index is 14.5. The number of nitrogens with one attached hydrogen (secondary N) is 2. The predicted octanol–water partition coefficient (Wildman–Crippen LogP) is 7.78. The molecule has 1 aromatic carbocycles. The molecule has 0 aromatic heterocycles. The van der Waals surface area contributed by atoms with Gasteiger partial charge in [-0.15, -0.1) is 0 Å². The summed E-state index contributed by atoms with van der Waals surface area (Å²) in [6, 6.07) is 4.36. The monoisotopic (exact) mass is 573 g/mol. The van der Waals surface area contributed by atoms with Gasteiger partial charge in [0.05, 0.1) is 0 Å². The molecule has 41 heavy (non-hydrogen) atoms. The maximum Gasteiger partial charge on any atom is 0.408 e. The van der Waals surface area contributed by atoms with Crippen molar-refractivity contribution in [1.29, 1.82) is 0 Å². The van der Waals surface area contributed by atoms with Gasteiger partial charge in [0, 0.05) is 12.6 Å². The minimum absolute atomic E-state index is 0.0159. The van der Waals surface area contributed by atoms with E-state index in [0.717, 1.165) is 55.2 Å². The maximum atomic E-state index is 14.5. The molecule has 0 spiro atoms. The molecule has 3 amide bonds. The highest BCUT2D eigenvalue weighted by atomic mass is 16.6. The van der Waals surface area contributed by atoms with Crippen molar-refractivity contribution in [2.75, 3.05) is 6.54 Å². The van der Waals surface area contributed by atoms with E-state index in [1.165, 1.54) is 12.8 Å². The number of benzene rings is 1. The Bertz CT molecular complexity index is 956. The zero-order valence-electron chi connectivity index (χ0n) is 27.7. The molecule has 0 bridgehead atoms. The lowest BCUT2D eigenvalue weighted by molar-refractivity contribution is -0.143. The fourth-order valence-electron chi connectivity index (χ4n) is 4.96. The van der Waals surface area contributed by atoms with Crippen LogP contribution in [0, 0.1) is 19.8 Å². The molecule has 4 unspecified atom stereocenters. The summed E-state index contributed by atoms with van der Waals surface area (Å²) in [4.78, 5) is 43.1. The number of hydrogen-bond acceptors (Lipinski definition) is 4. The molecular formula is C34H59N3O4. The van der Waals surface area contributed by atoms with Crippen molar-refractivity contribution in [2.45, 2.75) is 151 Å². The highest BCUT2D eigenvalue weighted by Crippen LogP contribution is 2.27. The first-order valence-electron chi connectivity index (χ1n) is 15.9. The normalized spacial score (nSPS) is 14.5. The van der Waals surface area contributed by atoms with E-state index in [0.29, 0.717) is 13.0 Å². The van der Waals surface area contributed by atoms with Crippen molar-refractivity contribution < 1.29 is 19.1 Å². The molecule has 2 N–H and O–H groups in total. The van der Waals surface area contributed by atoms with Crippen LogP contribution in [0.4, 0.5) is 4.79 Å². The molecule has 0 heterocycles. The summed E-state index contributed by atoms with van der Waals surface area (Å²) in [5.74, 6) is -0.585. The number of rotatable bonds is 17. The summed E-state index contributed by atoms with van der Waals surface area (Å²) in [6.45, 7) is 20.2.